The van der Waals surface area contributed by atoms with Crippen LogP contribution in [0.5, 0.6) is 5.75 Å². The van der Waals surface area contributed by atoms with Gasteiger partial charge >= 0.3 is 0 Å². The molecule has 0 spiro atoms. The Kier molecular flexibility index (Phi) is 7.30. The molecule has 128 valence electrons. The van der Waals surface area contributed by atoms with Crippen LogP contribution < -0.4 is 10.1 Å². The molecule has 0 aromatic heterocycles. The molecule has 0 saturated carbocycles. The average molecular weight is 326 g/mol. The van der Waals surface area contributed by atoms with E-state index >= 15 is 0 Å². The molecule has 2 aromatic carbocycles. The summed E-state index contributed by atoms with van der Waals surface area (Å²) < 4.78 is 5.14. The second kappa shape index (κ2) is 9.73. The van der Waals surface area contributed by atoms with Gasteiger partial charge in [0.15, 0.2) is 0 Å². The number of hydrogen-bond acceptors (Lipinski definition) is 3. The third-order valence-electron chi connectivity index (χ3n) is 3.80. The van der Waals surface area contributed by atoms with E-state index in [1.165, 1.54) is 5.56 Å². The number of benzene rings is 2. The van der Waals surface area contributed by atoms with Gasteiger partial charge in [0.05, 0.1) is 13.7 Å². The van der Waals surface area contributed by atoms with Crippen molar-refractivity contribution in [2.75, 3.05) is 20.2 Å². The monoisotopic (exact) mass is 326 g/mol. The third kappa shape index (κ3) is 6.05. The second-order valence-electron chi connectivity index (χ2n) is 5.82. The van der Waals surface area contributed by atoms with Crippen molar-refractivity contribution in [2.24, 2.45) is 0 Å². The molecule has 0 unspecified atom stereocenters. The first-order valence-corrected chi connectivity index (χ1v) is 8.37. The topological polar surface area (TPSA) is 41.6 Å². The molecule has 0 saturated heterocycles. The van der Waals surface area contributed by atoms with Crippen LogP contribution in [0.3, 0.4) is 0 Å². The van der Waals surface area contributed by atoms with Crippen molar-refractivity contribution < 1.29 is 9.53 Å². The van der Waals surface area contributed by atoms with Gasteiger partial charge in [0.25, 0.3) is 0 Å². The lowest BCUT2D eigenvalue weighted by atomic mass is 10.2. The Morgan fingerprint density at radius 1 is 1.04 bits per heavy atom. The average Bonchev–Trinajstić information content (AvgIpc) is 2.61. The van der Waals surface area contributed by atoms with Crippen molar-refractivity contribution in [1.82, 2.24) is 10.2 Å². The van der Waals surface area contributed by atoms with E-state index in [1.54, 1.807) is 7.11 Å². The first kappa shape index (κ1) is 18.0. The molecule has 2 aromatic rings. The van der Waals surface area contributed by atoms with Crippen LogP contribution in [-0.4, -0.2) is 31.0 Å². The summed E-state index contributed by atoms with van der Waals surface area (Å²) in [5.41, 5.74) is 2.29. The molecular formula is C20H26N2O2. The molecular weight excluding hydrogens is 300 g/mol. The molecule has 0 aliphatic rings. The van der Waals surface area contributed by atoms with Gasteiger partial charge < -0.3 is 10.1 Å². The highest BCUT2D eigenvalue weighted by Crippen LogP contribution is 2.11. The smallest absolute Gasteiger partial charge is 0.234 e. The van der Waals surface area contributed by atoms with Gasteiger partial charge in [-0.05, 0) is 36.2 Å². The Hall–Kier alpha value is -2.33. The van der Waals surface area contributed by atoms with Gasteiger partial charge in [0, 0.05) is 13.1 Å². The fraction of sp³-hybridized carbons (Fsp3) is 0.350. The SMILES string of the molecule is CCCN(CC(=O)NCc1ccc(OC)cc1)Cc1ccccc1. The Bertz CT molecular complexity index is 611. The lowest BCUT2D eigenvalue weighted by Crippen LogP contribution is -2.37. The number of nitrogens with one attached hydrogen (secondary N) is 1. The van der Waals surface area contributed by atoms with Gasteiger partial charge in [-0.25, -0.2) is 0 Å². The van der Waals surface area contributed by atoms with E-state index in [1.807, 2.05) is 42.5 Å². The first-order valence-electron chi connectivity index (χ1n) is 8.37. The third-order valence-corrected chi connectivity index (χ3v) is 3.80. The largest absolute Gasteiger partial charge is 0.497 e. The maximum absolute atomic E-state index is 12.2. The number of carbonyl (C=O) groups excluding carboxylic acids is 1. The molecule has 0 aliphatic carbocycles. The number of methoxy groups -OCH3 is 1. The van der Waals surface area contributed by atoms with Crippen LogP contribution in [-0.2, 0) is 17.9 Å². The number of hydrogen-bond donors (Lipinski definition) is 1. The van der Waals surface area contributed by atoms with Crippen LogP contribution in [0.2, 0.25) is 0 Å². The van der Waals surface area contributed by atoms with Crippen LogP contribution in [0.25, 0.3) is 0 Å². The highest BCUT2D eigenvalue weighted by Gasteiger charge is 2.10. The van der Waals surface area contributed by atoms with E-state index in [0.717, 1.165) is 30.8 Å². The second-order valence-corrected chi connectivity index (χ2v) is 5.82. The fourth-order valence-electron chi connectivity index (χ4n) is 2.57. The minimum absolute atomic E-state index is 0.0511. The highest BCUT2D eigenvalue weighted by atomic mass is 16.5. The van der Waals surface area contributed by atoms with E-state index in [9.17, 15) is 4.79 Å². The molecule has 2 rings (SSSR count). The number of amides is 1. The molecule has 1 N–H and O–H groups in total. The van der Waals surface area contributed by atoms with E-state index < -0.39 is 0 Å². The lowest BCUT2D eigenvalue weighted by molar-refractivity contribution is -0.122. The molecule has 0 bridgehead atoms. The van der Waals surface area contributed by atoms with Gasteiger partial charge in [0.2, 0.25) is 5.91 Å². The van der Waals surface area contributed by atoms with E-state index in [0.29, 0.717) is 13.1 Å². The molecule has 24 heavy (non-hydrogen) atoms. The number of ether oxygens (including phenoxy) is 1. The summed E-state index contributed by atoms with van der Waals surface area (Å²) in [6.07, 6.45) is 1.03. The van der Waals surface area contributed by atoms with Crippen molar-refractivity contribution in [2.45, 2.75) is 26.4 Å². The first-order chi connectivity index (χ1) is 11.7. The number of rotatable bonds is 9. The predicted molar refractivity (Wildman–Crippen MR) is 96.9 cm³/mol. The van der Waals surface area contributed by atoms with E-state index in [-0.39, 0.29) is 5.91 Å². The van der Waals surface area contributed by atoms with Crippen molar-refractivity contribution in [1.29, 1.82) is 0 Å². The van der Waals surface area contributed by atoms with Crippen LogP contribution in [0, 0.1) is 0 Å². The quantitative estimate of drug-likeness (QED) is 0.769. The molecule has 4 nitrogen and oxygen atoms in total. The van der Waals surface area contributed by atoms with Gasteiger partial charge in [-0.1, -0.05) is 49.4 Å². The molecule has 0 atom stereocenters. The summed E-state index contributed by atoms with van der Waals surface area (Å²) in [6, 6.07) is 18.0. The molecule has 0 fully saturated rings. The van der Waals surface area contributed by atoms with Crippen LogP contribution >= 0.6 is 0 Å². The molecule has 1 amide bonds. The van der Waals surface area contributed by atoms with Crippen molar-refractivity contribution in [3.63, 3.8) is 0 Å². The minimum atomic E-state index is 0.0511. The van der Waals surface area contributed by atoms with Crippen LogP contribution in [0.15, 0.2) is 54.6 Å². The molecule has 0 aliphatic heterocycles. The molecule has 0 radical (unpaired) electrons. The Balaban J connectivity index is 1.83. The zero-order chi connectivity index (χ0) is 17.2. The maximum Gasteiger partial charge on any atom is 0.234 e. The standard InChI is InChI=1S/C20H26N2O2/c1-3-13-22(15-18-7-5-4-6-8-18)16-20(23)21-14-17-9-11-19(24-2)12-10-17/h4-12H,3,13-16H2,1-2H3,(H,21,23). The minimum Gasteiger partial charge on any atom is -0.497 e. The van der Waals surface area contributed by atoms with Gasteiger partial charge in [0.1, 0.15) is 5.75 Å². The van der Waals surface area contributed by atoms with Crippen molar-refractivity contribution >= 4 is 5.91 Å². The fourth-order valence-corrected chi connectivity index (χ4v) is 2.57. The predicted octanol–water partition coefficient (Wildman–Crippen LogP) is 3.22. The Morgan fingerprint density at radius 3 is 2.38 bits per heavy atom. The highest BCUT2D eigenvalue weighted by molar-refractivity contribution is 5.78. The van der Waals surface area contributed by atoms with Gasteiger partial charge in [-0.3, -0.25) is 9.69 Å². The number of nitrogens with zero attached hydrogens (tertiary/aromatic N) is 1. The summed E-state index contributed by atoms with van der Waals surface area (Å²) in [6.45, 7) is 4.79. The van der Waals surface area contributed by atoms with Crippen LogP contribution in [0.1, 0.15) is 24.5 Å². The Labute approximate surface area is 144 Å². The summed E-state index contributed by atoms with van der Waals surface area (Å²) in [5.74, 6) is 0.872. The maximum atomic E-state index is 12.2. The lowest BCUT2D eigenvalue weighted by Gasteiger charge is -2.21. The van der Waals surface area contributed by atoms with E-state index in [4.69, 9.17) is 4.74 Å². The number of carbonyl (C=O) groups is 1. The Morgan fingerprint density at radius 2 is 1.75 bits per heavy atom. The summed E-state index contributed by atoms with van der Waals surface area (Å²) in [5, 5.41) is 2.99. The van der Waals surface area contributed by atoms with Crippen LogP contribution in [0.4, 0.5) is 0 Å². The van der Waals surface area contributed by atoms with Crippen molar-refractivity contribution in [3.8, 4) is 5.75 Å². The van der Waals surface area contributed by atoms with E-state index in [2.05, 4.69) is 29.3 Å². The van der Waals surface area contributed by atoms with Crippen molar-refractivity contribution in [3.05, 3.63) is 65.7 Å². The molecule has 4 heteroatoms. The summed E-state index contributed by atoms with van der Waals surface area (Å²) in [4.78, 5) is 14.4. The van der Waals surface area contributed by atoms with Gasteiger partial charge in [-0.2, -0.15) is 0 Å². The van der Waals surface area contributed by atoms with Gasteiger partial charge in [-0.15, -0.1) is 0 Å². The zero-order valence-electron chi connectivity index (χ0n) is 14.5. The summed E-state index contributed by atoms with van der Waals surface area (Å²) >= 11 is 0. The molecule has 0 heterocycles. The normalized spacial score (nSPS) is 10.6. The summed E-state index contributed by atoms with van der Waals surface area (Å²) in [7, 11) is 1.64. The zero-order valence-corrected chi connectivity index (χ0v) is 14.5.